The van der Waals surface area contributed by atoms with Gasteiger partial charge in [-0.25, -0.2) is 4.79 Å². The fraction of sp³-hybridized carbons (Fsp3) is 0.556. The lowest BCUT2D eigenvalue weighted by Crippen LogP contribution is -2.38. The number of hydrogen-bond donors (Lipinski definition) is 1. The highest BCUT2D eigenvalue weighted by Gasteiger charge is 2.26. The van der Waals surface area contributed by atoms with Crippen molar-refractivity contribution in [2.24, 2.45) is 0 Å². The van der Waals surface area contributed by atoms with Crippen LogP contribution in [0.2, 0.25) is 0 Å². The van der Waals surface area contributed by atoms with Crippen LogP contribution in [0.4, 0.5) is 0 Å². The molecule has 0 saturated heterocycles. The molecule has 1 atom stereocenters. The third-order valence-electron chi connectivity index (χ3n) is 1.40. The summed E-state index contributed by atoms with van der Waals surface area (Å²) in [6.45, 7) is 5.35. The van der Waals surface area contributed by atoms with Crippen molar-refractivity contribution in [1.82, 2.24) is 5.32 Å². The summed E-state index contributed by atoms with van der Waals surface area (Å²) < 4.78 is 5.07. The first-order chi connectivity index (χ1) is 5.88. The zero-order valence-electron chi connectivity index (χ0n) is 7.96. The predicted molar refractivity (Wildman–Crippen MR) is 46.9 cm³/mol. The minimum absolute atomic E-state index is 0.254. The van der Waals surface area contributed by atoms with Crippen LogP contribution in [0.1, 0.15) is 20.8 Å². The molecule has 0 aromatic carbocycles. The molecule has 0 bridgehead atoms. The molecule has 1 rings (SSSR count). The summed E-state index contributed by atoms with van der Waals surface area (Å²) >= 11 is 0. The standard InChI is InChI=1S/C9H13NO3/c1-9(2,3)13-8(12)6-4-5-7(11)10-6/h4-6H,1-3H3,(H,10,11). The van der Waals surface area contributed by atoms with E-state index < -0.39 is 17.6 Å². The molecule has 1 aliphatic rings. The lowest BCUT2D eigenvalue weighted by atomic mass is 10.2. The summed E-state index contributed by atoms with van der Waals surface area (Å²) in [6, 6.07) is -0.619. The van der Waals surface area contributed by atoms with Crippen molar-refractivity contribution < 1.29 is 14.3 Å². The van der Waals surface area contributed by atoms with Crippen LogP contribution in [0.25, 0.3) is 0 Å². The molecule has 0 spiro atoms. The summed E-state index contributed by atoms with van der Waals surface area (Å²) in [5.74, 6) is -0.676. The fourth-order valence-electron chi connectivity index (χ4n) is 0.936. The van der Waals surface area contributed by atoms with Crippen LogP contribution in [-0.4, -0.2) is 23.5 Å². The lowest BCUT2D eigenvalue weighted by Gasteiger charge is -2.21. The van der Waals surface area contributed by atoms with E-state index in [1.165, 1.54) is 12.2 Å². The van der Waals surface area contributed by atoms with Crippen LogP contribution in [0, 0.1) is 0 Å². The molecule has 1 amide bonds. The van der Waals surface area contributed by atoms with Gasteiger partial charge in [-0.3, -0.25) is 4.79 Å². The van der Waals surface area contributed by atoms with Crippen LogP contribution in [0.5, 0.6) is 0 Å². The quantitative estimate of drug-likeness (QED) is 0.598. The number of hydrogen-bond acceptors (Lipinski definition) is 3. The summed E-state index contributed by atoms with van der Waals surface area (Å²) in [4.78, 5) is 22.0. The van der Waals surface area contributed by atoms with Crippen molar-refractivity contribution in [1.29, 1.82) is 0 Å². The second kappa shape index (κ2) is 3.20. The van der Waals surface area contributed by atoms with Gasteiger partial charge in [0.15, 0.2) is 0 Å². The summed E-state index contributed by atoms with van der Waals surface area (Å²) in [7, 11) is 0. The number of carbonyl (C=O) groups excluding carboxylic acids is 2. The molecule has 13 heavy (non-hydrogen) atoms. The molecule has 1 N–H and O–H groups in total. The molecule has 1 heterocycles. The molecule has 0 aliphatic carbocycles. The third kappa shape index (κ3) is 2.89. The molecule has 1 unspecified atom stereocenters. The van der Waals surface area contributed by atoms with Gasteiger partial charge in [0.25, 0.3) is 0 Å². The van der Waals surface area contributed by atoms with Gasteiger partial charge in [-0.2, -0.15) is 0 Å². The van der Waals surface area contributed by atoms with Crippen molar-refractivity contribution in [3.8, 4) is 0 Å². The van der Waals surface area contributed by atoms with E-state index in [-0.39, 0.29) is 5.91 Å². The molecule has 72 valence electrons. The zero-order chi connectivity index (χ0) is 10.1. The van der Waals surface area contributed by atoms with E-state index in [0.29, 0.717) is 0 Å². The van der Waals surface area contributed by atoms with Crippen LogP contribution in [0.3, 0.4) is 0 Å². The maximum absolute atomic E-state index is 11.3. The summed E-state index contributed by atoms with van der Waals surface area (Å²) in [5, 5.41) is 2.45. The monoisotopic (exact) mass is 183 g/mol. The SMILES string of the molecule is CC(C)(C)OC(=O)C1C=CC(=O)N1. The van der Waals surface area contributed by atoms with E-state index in [1.54, 1.807) is 20.8 Å². The second-order valence-electron chi connectivity index (χ2n) is 3.88. The smallest absolute Gasteiger partial charge is 0.333 e. The third-order valence-corrected chi connectivity index (χ3v) is 1.40. The van der Waals surface area contributed by atoms with Crippen molar-refractivity contribution in [3.05, 3.63) is 12.2 Å². The number of rotatable bonds is 1. The number of amides is 1. The Morgan fingerprint density at radius 2 is 2.15 bits per heavy atom. The van der Waals surface area contributed by atoms with E-state index in [2.05, 4.69) is 5.32 Å². The predicted octanol–water partition coefficient (Wildman–Crippen LogP) is 0.383. The summed E-state index contributed by atoms with van der Waals surface area (Å²) in [5.41, 5.74) is -0.516. The average Bonchev–Trinajstić information content (AvgIpc) is 2.31. The Kier molecular flexibility index (Phi) is 2.40. The highest BCUT2D eigenvalue weighted by atomic mass is 16.6. The van der Waals surface area contributed by atoms with Crippen LogP contribution in [0.15, 0.2) is 12.2 Å². The first kappa shape index (κ1) is 9.77. The fourth-order valence-corrected chi connectivity index (χ4v) is 0.936. The molecule has 0 fully saturated rings. The largest absolute Gasteiger partial charge is 0.458 e. The Bertz CT molecular complexity index is 263. The number of nitrogens with one attached hydrogen (secondary N) is 1. The number of ether oxygens (including phenoxy) is 1. The maximum Gasteiger partial charge on any atom is 0.333 e. The van der Waals surface area contributed by atoms with Crippen molar-refractivity contribution in [2.75, 3.05) is 0 Å². The molecule has 0 aromatic heterocycles. The Balaban J connectivity index is 2.51. The average molecular weight is 183 g/mol. The van der Waals surface area contributed by atoms with Crippen molar-refractivity contribution in [2.45, 2.75) is 32.4 Å². The lowest BCUT2D eigenvalue weighted by molar-refractivity contribution is -0.156. The van der Waals surface area contributed by atoms with Gasteiger partial charge >= 0.3 is 5.97 Å². The van der Waals surface area contributed by atoms with E-state index in [1.807, 2.05) is 0 Å². The van der Waals surface area contributed by atoms with Gasteiger partial charge in [0.1, 0.15) is 11.6 Å². The van der Waals surface area contributed by atoms with Gasteiger partial charge in [-0.15, -0.1) is 0 Å². The molecule has 0 aromatic rings. The highest BCUT2D eigenvalue weighted by molar-refractivity contribution is 5.96. The Morgan fingerprint density at radius 3 is 2.54 bits per heavy atom. The molecule has 1 aliphatic heterocycles. The minimum atomic E-state index is -0.619. The van der Waals surface area contributed by atoms with E-state index >= 15 is 0 Å². The van der Waals surface area contributed by atoms with Crippen molar-refractivity contribution >= 4 is 11.9 Å². The zero-order valence-corrected chi connectivity index (χ0v) is 7.96. The van der Waals surface area contributed by atoms with E-state index in [9.17, 15) is 9.59 Å². The molecular weight excluding hydrogens is 170 g/mol. The van der Waals surface area contributed by atoms with Crippen LogP contribution in [-0.2, 0) is 14.3 Å². The van der Waals surface area contributed by atoms with E-state index in [0.717, 1.165) is 0 Å². The molecule has 4 nitrogen and oxygen atoms in total. The molecule has 4 heteroatoms. The molecular formula is C9H13NO3. The topological polar surface area (TPSA) is 55.4 Å². The minimum Gasteiger partial charge on any atom is -0.458 e. The van der Waals surface area contributed by atoms with E-state index in [4.69, 9.17) is 4.74 Å². The number of esters is 1. The Labute approximate surface area is 76.9 Å². The Morgan fingerprint density at radius 1 is 1.54 bits per heavy atom. The number of carbonyl (C=O) groups is 2. The van der Waals surface area contributed by atoms with Gasteiger partial charge in [0.05, 0.1) is 0 Å². The Hall–Kier alpha value is -1.32. The van der Waals surface area contributed by atoms with Gasteiger partial charge < -0.3 is 10.1 Å². The van der Waals surface area contributed by atoms with Gasteiger partial charge in [-0.05, 0) is 26.8 Å². The normalized spacial score (nSPS) is 21.5. The van der Waals surface area contributed by atoms with Gasteiger partial charge in [0, 0.05) is 6.08 Å². The van der Waals surface area contributed by atoms with Gasteiger partial charge in [0.2, 0.25) is 5.91 Å². The molecule has 0 saturated carbocycles. The second-order valence-corrected chi connectivity index (χ2v) is 3.88. The maximum atomic E-state index is 11.3. The van der Waals surface area contributed by atoms with Crippen molar-refractivity contribution in [3.63, 3.8) is 0 Å². The van der Waals surface area contributed by atoms with Crippen LogP contribution >= 0.6 is 0 Å². The highest BCUT2D eigenvalue weighted by Crippen LogP contribution is 2.10. The first-order valence-electron chi connectivity index (χ1n) is 4.10. The molecule has 0 radical (unpaired) electrons. The van der Waals surface area contributed by atoms with Gasteiger partial charge in [-0.1, -0.05) is 0 Å². The van der Waals surface area contributed by atoms with Crippen LogP contribution < -0.4 is 5.32 Å². The summed E-state index contributed by atoms with van der Waals surface area (Å²) in [6.07, 6.45) is 2.82. The first-order valence-corrected chi connectivity index (χ1v) is 4.10.